The molecule has 0 aliphatic heterocycles. The van der Waals surface area contributed by atoms with E-state index < -0.39 is 8.56 Å². The molecule has 0 amide bonds. The first-order chi connectivity index (χ1) is 16.9. The second-order valence-corrected chi connectivity index (χ2v) is 12.0. The van der Waals surface area contributed by atoms with E-state index in [1.54, 1.807) is 0 Å². The highest BCUT2D eigenvalue weighted by Gasteiger charge is 2.46. The Bertz CT molecular complexity index is 1590. The third-order valence-electron chi connectivity index (χ3n) is 6.97. The molecule has 34 heavy (non-hydrogen) atoms. The lowest BCUT2D eigenvalue weighted by molar-refractivity contribution is 0.974. The third kappa shape index (κ3) is 2.57. The number of hydrogen-bond donors (Lipinski definition) is 0. The van der Waals surface area contributed by atoms with Gasteiger partial charge in [-0.1, -0.05) is 84.9 Å². The van der Waals surface area contributed by atoms with Crippen molar-refractivity contribution < 1.29 is 0 Å². The molecule has 4 aromatic carbocycles. The van der Waals surface area contributed by atoms with Crippen LogP contribution in [0.5, 0.6) is 0 Å². The van der Waals surface area contributed by atoms with Crippen molar-refractivity contribution in [3.05, 3.63) is 140 Å². The van der Waals surface area contributed by atoms with Crippen molar-refractivity contribution in [2.45, 2.75) is 0 Å². The van der Waals surface area contributed by atoms with Crippen LogP contribution in [0.2, 0.25) is 0 Å². The molecule has 7 rings (SSSR count). The van der Waals surface area contributed by atoms with Gasteiger partial charge in [0.25, 0.3) is 0 Å². The quantitative estimate of drug-likeness (QED) is 0.276. The van der Waals surface area contributed by atoms with E-state index in [2.05, 4.69) is 153 Å². The fourth-order valence-corrected chi connectivity index (χ4v) is 10.1. The number of aromatic nitrogens is 3. The van der Waals surface area contributed by atoms with Gasteiger partial charge in [-0.25, -0.2) is 0 Å². The van der Waals surface area contributed by atoms with Gasteiger partial charge in [0, 0.05) is 21.7 Å². The molecular weight excluding hydrogens is 430 g/mol. The van der Waals surface area contributed by atoms with Gasteiger partial charge < -0.3 is 12.7 Å². The van der Waals surface area contributed by atoms with Crippen molar-refractivity contribution in [3.63, 3.8) is 0 Å². The molecule has 0 fully saturated rings. The van der Waals surface area contributed by atoms with Crippen molar-refractivity contribution in [1.82, 2.24) is 12.7 Å². The Morgan fingerprint density at radius 1 is 0.353 bits per heavy atom. The fraction of sp³-hybridized carbons (Fsp3) is 0. The summed E-state index contributed by atoms with van der Waals surface area (Å²) < 4.78 is 7.66. The molecular formula is C30H23N3Si. The number of rotatable bonds is 4. The van der Waals surface area contributed by atoms with Crippen molar-refractivity contribution in [2.75, 3.05) is 0 Å². The normalized spacial score (nSPS) is 12.1. The summed E-state index contributed by atoms with van der Waals surface area (Å²) in [5.74, 6) is 0. The van der Waals surface area contributed by atoms with Crippen molar-refractivity contribution in [1.29, 1.82) is 0 Å². The average molecular weight is 454 g/mol. The van der Waals surface area contributed by atoms with E-state index in [4.69, 9.17) is 0 Å². The summed E-state index contributed by atoms with van der Waals surface area (Å²) in [6.07, 6.45) is 6.86. The second-order valence-electron chi connectivity index (χ2n) is 8.74. The molecule has 3 nitrogen and oxygen atoms in total. The van der Waals surface area contributed by atoms with Gasteiger partial charge in [0.2, 0.25) is 0 Å². The maximum Gasteiger partial charge on any atom is 0.426 e. The monoisotopic (exact) mass is 453 g/mol. The summed E-state index contributed by atoms with van der Waals surface area (Å²) in [4.78, 5) is 0. The van der Waals surface area contributed by atoms with E-state index >= 15 is 0 Å². The number of para-hydroxylation sites is 3. The maximum atomic E-state index is 2.55. The van der Waals surface area contributed by atoms with E-state index in [0.29, 0.717) is 0 Å². The summed E-state index contributed by atoms with van der Waals surface area (Å²) >= 11 is 0. The van der Waals surface area contributed by atoms with Crippen molar-refractivity contribution in [3.8, 4) is 0 Å². The van der Waals surface area contributed by atoms with Crippen molar-refractivity contribution >= 4 is 46.5 Å². The van der Waals surface area contributed by atoms with Crippen LogP contribution in [0, 0.1) is 0 Å². The topological polar surface area (TPSA) is 14.8 Å². The SMILES string of the molecule is c1ccc([Si](n2ccc3ccccc32)(n2ccc3ccccc32)n2ccc3ccccc32)cc1. The summed E-state index contributed by atoms with van der Waals surface area (Å²) in [5, 5.41) is 5.08. The van der Waals surface area contributed by atoms with Gasteiger partial charge >= 0.3 is 8.56 Å². The van der Waals surface area contributed by atoms with E-state index in [0.717, 1.165) is 0 Å². The first kappa shape index (κ1) is 19.2. The summed E-state index contributed by atoms with van der Waals surface area (Å²) in [5.41, 5.74) is 3.73. The van der Waals surface area contributed by atoms with Gasteiger partial charge in [0.05, 0.1) is 0 Å². The van der Waals surface area contributed by atoms with Gasteiger partial charge in [-0.3, -0.25) is 0 Å². The zero-order valence-electron chi connectivity index (χ0n) is 18.6. The fourth-order valence-electron chi connectivity index (χ4n) is 5.49. The molecule has 0 radical (unpaired) electrons. The van der Waals surface area contributed by atoms with E-state index in [1.165, 1.54) is 37.9 Å². The Kier molecular flexibility index (Phi) is 4.16. The number of fused-ring (bicyclic) bond motifs is 3. The molecule has 0 atom stereocenters. The van der Waals surface area contributed by atoms with Crippen LogP contribution in [0.4, 0.5) is 0 Å². The van der Waals surface area contributed by atoms with Crippen LogP contribution in [0.3, 0.4) is 0 Å². The highest BCUT2D eigenvalue weighted by atomic mass is 28.4. The van der Waals surface area contributed by atoms with E-state index in [9.17, 15) is 0 Å². The van der Waals surface area contributed by atoms with Crippen molar-refractivity contribution in [2.24, 2.45) is 0 Å². The number of benzene rings is 4. The van der Waals surface area contributed by atoms with Crippen LogP contribution in [-0.4, -0.2) is 21.3 Å². The minimum Gasteiger partial charge on any atom is -0.336 e. The first-order valence-electron chi connectivity index (χ1n) is 11.6. The molecule has 7 aromatic rings. The average Bonchev–Trinajstić information content (AvgIpc) is 3.64. The highest BCUT2D eigenvalue weighted by molar-refractivity contribution is 6.89. The molecule has 4 heteroatoms. The van der Waals surface area contributed by atoms with Crippen LogP contribution in [0.15, 0.2) is 140 Å². The number of nitrogens with zero attached hydrogens (tertiary/aromatic N) is 3. The lowest BCUT2D eigenvalue weighted by Crippen LogP contribution is -2.66. The molecule has 0 N–H and O–H groups in total. The molecule has 0 saturated carbocycles. The summed E-state index contributed by atoms with van der Waals surface area (Å²) in [6, 6.07) is 43.9. The van der Waals surface area contributed by atoms with Gasteiger partial charge in [-0.15, -0.1) is 0 Å². The zero-order chi connectivity index (χ0) is 22.5. The smallest absolute Gasteiger partial charge is 0.336 e. The predicted molar refractivity (Wildman–Crippen MR) is 144 cm³/mol. The van der Waals surface area contributed by atoms with Crippen LogP contribution in [-0.2, 0) is 0 Å². The summed E-state index contributed by atoms with van der Waals surface area (Å²) in [7, 11) is -2.89. The Labute approximate surface area is 199 Å². The molecule has 0 unspecified atom stereocenters. The Morgan fingerprint density at radius 3 is 1.12 bits per heavy atom. The molecule has 0 aliphatic rings. The maximum absolute atomic E-state index is 2.89. The Morgan fingerprint density at radius 2 is 0.706 bits per heavy atom. The minimum absolute atomic E-state index is 1.24. The lowest BCUT2D eigenvalue weighted by atomic mass is 10.3. The van der Waals surface area contributed by atoms with Crippen LogP contribution in [0.1, 0.15) is 0 Å². The molecule has 0 bridgehead atoms. The molecule has 3 aromatic heterocycles. The van der Waals surface area contributed by atoms with Gasteiger partial charge in [0.1, 0.15) is 0 Å². The third-order valence-corrected chi connectivity index (χ3v) is 11.3. The molecule has 0 saturated heterocycles. The standard InChI is InChI=1S/C30H23N3Si/c1-2-13-27(14-3-1)34(31-21-18-24-10-4-7-15-28(24)31,32-22-19-25-11-5-8-16-29(25)32)33-23-20-26-12-6-9-17-30(26)33/h1-23H. The van der Waals surface area contributed by atoms with Crippen LogP contribution in [0.25, 0.3) is 32.7 Å². The van der Waals surface area contributed by atoms with Gasteiger partial charge in [-0.05, 0) is 71.1 Å². The van der Waals surface area contributed by atoms with E-state index in [-0.39, 0.29) is 0 Å². The lowest BCUT2D eigenvalue weighted by Gasteiger charge is -2.37. The molecule has 0 spiro atoms. The minimum atomic E-state index is -2.89. The largest absolute Gasteiger partial charge is 0.426 e. The zero-order valence-corrected chi connectivity index (χ0v) is 19.6. The highest BCUT2D eigenvalue weighted by Crippen LogP contribution is 2.30. The Balaban J connectivity index is 1.73. The summed E-state index contributed by atoms with van der Waals surface area (Å²) in [6.45, 7) is 0. The van der Waals surface area contributed by atoms with Crippen LogP contribution < -0.4 is 5.19 Å². The predicted octanol–water partition coefficient (Wildman–Crippen LogP) is 6.34. The number of hydrogen-bond acceptors (Lipinski definition) is 0. The molecule has 162 valence electrons. The first-order valence-corrected chi connectivity index (χ1v) is 13.5. The van der Waals surface area contributed by atoms with Crippen LogP contribution >= 0.6 is 0 Å². The van der Waals surface area contributed by atoms with Gasteiger partial charge in [0.15, 0.2) is 0 Å². The van der Waals surface area contributed by atoms with Gasteiger partial charge in [-0.2, -0.15) is 0 Å². The molecule has 3 heterocycles. The van der Waals surface area contributed by atoms with E-state index in [1.807, 2.05) is 0 Å². The second kappa shape index (κ2) is 7.37. The molecule has 0 aliphatic carbocycles. The Hall–Kier alpha value is -4.28.